The van der Waals surface area contributed by atoms with Crippen molar-refractivity contribution in [3.05, 3.63) is 35.5 Å². The molecule has 9 atom stereocenters. The van der Waals surface area contributed by atoms with Crippen LogP contribution in [-0.2, 0) is 19.0 Å². The lowest BCUT2D eigenvalue weighted by atomic mass is 9.57. The summed E-state index contributed by atoms with van der Waals surface area (Å²) < 4.78 is 17.1. The average molecular weight is 408 g/mol. The van der Waals surface area contributed by atoms with Gasteiger partial charge >= 0.3 is 5.97 Å². The first kappa shape index (κ1) is 20.7. The van der Waals surface area contributed by atoms with Gasteiger partial charge in [0.25, 0.3) is 0 Å². The number of carbonyl (C=O) groups is 1. The van der Waals surface area contributed by atoms with E-state index in [0.717, 1.165) is 11.1 Å². The number of carbonyl (C=O) groups excluding carboxylic acids is 1. The van der Waals surface area contributed by atoms with Crippen molar-refractivity contribution in [2.24, 2.45) is 11.3 Å². The van der Waals surface area contributed by atoms with Crippen LogP contribution >= 0.6 is 0 Å². The Bertz CT molecular complexity index is 771. The largest absolute Gasteiger partial charge is 0.454 e. The third-order valence-corrected chi connectivity index (χ3v) is 6.98. The molecule has 29 heavy (non-hydrogen) atoms. The van der Waals surface area contributed by atoms with Crippen LogP contribution in [0.5, 0.6) is 0 Å². The highest BCUT2D eigenvalue weighted by Gasteiger charge is 2.54. The molecule has 0 spiro atoms. The molecule has 2 heterocycles. The lowest BCUT2D eigenvalue weighted by molar-refractivity contribution is -0.317. The van der Waals surface area contributed by atoms with Gasteiger partial charge in [0.15, 0.2) is 6.29 Å². The van der Waals surface area contributed by atoms with E-state index in [1.807, 2.05) is 19.1 Å². The molecular formula is C21H28O8. The maximum Gasteiger partial charge on any atom is 0.334 e. The van der Waals surface area contributed by atoms with E-state index < -0.39 is 48.8 Å². The van der Waals surface area contributed by atoms with Crippen LogP contribution in [0.3, 0.4) is 0 Å². The normalized spacial score (nSPS) is 47.1. The first-order valence-electron chi connectivity index (χ1n) is 9.91. The fourth-order valence-corrected chi connectivity index (χ4v) is 5.05. The van der Waals surface area contributed by atoms with Gasteiger partial charge in [-0.2, -0.15) is 0 Å². The van der Waals surface area contributed by atoms with Gasteiger partial charge < -0.3 is 34.6 Å². The molecule has 2 aliphatic heterocycles. The molecule has 0 amide bonds. The molecule has 160 valence electrons. The van der Waals surface area contributed by atoms with E-state index in [2.05, 4.69) is 6.58 Å². The topological polar surface area (TPSA) is 126 Å². The zero-order chi connectivity index (χ0) is 21.1. The molecular weight excluding hydrogens is 380 g/mol. The van der Waals surface area contributed by atoms with Crippen molar-refractivity contribution in [2.45, 2.75) is 69.6 Å². The Morgan fingerprint density at radius 3 is 2.69 bits per heavy atom. The molecule has 0 radical (unpaired) electrons. The predicted octanol–water partition coefficient (Wildman–Crippen LogP) is -0.0443. The Kier molecular flexibility index (Phi) is 5.21. The van der Waals surface area contributed by atoms with Gasteiger partial charge in [0.05, 0.1) is 12.7 Å². The number of allylic oxidation sites excluding steroid dienone is 2. The standard InChI is InChI=1S/C21H28O8/c1-9-4-5-15(29-20-18(25)17(24)16(23)14(8-22)28-20)21(3)7-13-11(6-12(9)21)10(2)19(26)27-13/h4-5,12-18,20,22-25H,1,6-8H2,2-3H3/t12-,13-,14+,15-,16-,17-,18+,20-,21+/m0/s1. The van der Waals surface area contributed by atoms with E-state index >= 15 is 0 Å². The average Bonchev–Trinajstić information content (AvgIpc) is 2.95. The summed E-state index contributed by atoms with van der Waals surface area (Å²) in [5.74, 6) is -0.282. The number of fused-ring (bicyclic) bond motifs is 2. The second kappa shape index (κ2) is 7.30. The van der Waals surface area contributed by atoms with Crippen molar-refractivity contribution in [3.8, 4) is 0 Å². The van der Waals surface area contributed by atoms with Crippen molar-refractivity contribution < 1.29 is 39.4 Å². The second-order valence-electron chi connectivity index (χ2n) is 8.70. The van der Waals surface area contributed by atoms with E-state index in [9.17, 15) is 25.2 Å². The molecule has 2 aliphatic carbocycles. The fourth-order valence-electron chi connectivity index (χ4n) is 5.05. The molecule has 0 aromatic heterocycles. The summed E-state index contributed by atoms with van der Waals surface area (Å²) in [6.45, 7) is 7.46. The van der Waals surface area contributed by atoms with Crippen LogP contribution in [0.15, 0.2) is 35.5 Å². The van der Waals surface area contributed by atoms with E-state index in [1.54, 1.807) is 6.92 Å². The van der Waals surface area contributed by atoms with Crippen molar-refractivity contribution in [1.82, 2.24) is 0 Å². The van der Waals surface area contributed by atoms with Gasteiger partial charge in [-0.25, -0.2) is 4.79 Å². The molecule has 4 aliphatic rings. The van der Waals surface area contributed by atoms with E-state index in [1.165, 1.54) is 0 Å². The number of ether oxygens (including phenoxy) is 3. The summed E-state index contributed by atoms with van der Waals surface area (Å²) in [5, 5.41) is 39.8. The van der Waals surface area contributed by atoms with Crippen molar-refractivity contribution in [3.63, 3.8) is 0 Å². The lowest BCUT2D eigenvalue weighted by Crippen LogP contribution is -2.61. The summed E-state index contributed by atoms with van der Waals surface area (Å²) >= 11 is 0. The first-order valence-corrected chi connectivity index (χ1v) is 9.91. The minimum atomic E-state index is -1.50. The minimum Gasteiger partial charge on any atom is -0.454 e. The second-order valence-corrected chi connectivity index (χ2v) is 8.70. The van der Waals surface area contributed by atoms with Crippen LogP contribution in [-0.4, -0.2) is 75.9 Å². The number of hydrogen-bond acceptors (Lipinski definition) is 8. The highest BCUT2D eigenvalue weighted by Crippen LogP contribution is 2.55. The van der Waals surface area contributed by atoms with Gasteiger partial charge in [-0.15, -0.1) is 0 Å². The van der Waals surface area contributed by atoms with E-state index in [4.69, 9.17) is 14.2 Å². The molecule has 4 rings (SSSR count). The lowest BCUT2D eigenvalue weighted by Gasteiger charge is -2.51. The summed E-state index contributed by atoms with van der Waals surface area (Å²) in [4.78, 5) is 12.0. The zero-order valence-electron chi connectivity index (χ0n) is 16.5. The van der Waals surface area contributed by atoms with Crippen molar-refractivity contribution in [1.29, 1.82) is 0 Å². The van der Waals surface area contributed by atoms with Crippen molar-refractivity contribution >= 4 is 5.97 Å². The van der Waals surface area contributed by atoms with Gasteiger partial charge in [-0.05, 0) is 31.3 Å². The van der Waals surface area contributed by atoms with Gasteiger partial charge in [0.1, 0.15) is 30.5 Å². The number of aliphatic hydroxyl groups excluding tert-OH is 4. The third kappa shape index (κ3) is 3.19. The monoisotopic (exact) mass is 408 g/mol. The predicted molar refractivity (Wildman–Crippen MR) is 100 cm³/mol. The molecule has 0 unspecified atom stereocenters. The van der Waals surface area contributed by atoms with Crippen molar-refractivity contribution in [2.75, 3.05) is 6.61 Å². The molecule has 0 aromatic rings. The van der Waals surface area contributed by atoms with Gasteiger partial charge in [-0.1, -0.05) is 31.2 Å². The molecule has 8 heteroatoms. The summed E-state index contributed by atoms with van der Waals surface area (Å²) in [5.41, 5.74) is 2.11. The molecule has 8 nitrogen and oxygen atoms in total. The number of hydrogen-bond donors (Lipinski definition) is 4. The fraction of sp³-hybridized carbons (Fsp3) is 0.667. The zero-order valence-corrected chi connectivity index (χ0v) is 16.5. The smallest absolute Gasteiger partial charge is 0.334 e. The van der Waals surface area contributed by atoms with Crippen LogP contribution in [0.25, 0.3) is 0 Å². The SMILES string of the molecule is C=C1C=C[C@H](O[C@@H]2O[C@H](CO)[C@H](O)[C@H](O)[C@H]2O)[C@]2(C)C[C@@H]3OC(=O)C(C)=C3C[C@@H]12. The summed E-state index contributed by atoms with van der Waals surface area (Å²) in [7, 11) is 0. The Hall–Kier alpha value is -1.55. The highest BCUT2D eigenvalue weighted by atomic mass is 16.7. The Labute approximate surface area is 169 Å². The number of aliphatic hydroxyl groups is 4. The van der Waals surface area contributed by atoms with Gasteiger partial charge in [0.2, 0.25) is 0 Å². The minimum absolute atomic E-state index is 0.0121. The van der Waals surface area contributed by atoms with Crippen LogP contribution in [0.1, 0.15) is 26.7 Å². The van der Waals surface area contributed by atoms with Crippen LogP contribution in [0.4, 0.5) is 0 Å². The van der Waals surface area contributed by atoms with E-state index in [0.29, 0.717) is 18.4 Å². The maximum absolute atomic E-state index is 12.0. The Balaban J connectivity index is 1.59. The number of rotatable bonds is 3. The first-order chi connectivity index (χ1) is 13.7. The maximum atomic E-state index is 12.0. The molecule has 1 saturated carbocycles. The highest BCUT2D eigenvalue weighted by molar-refractivity contribution is 5.91. The Morgan fingerprint density at radius 2 is 2.00 bits per heavy atom. The number of esters is 1. The molecule has 0 aromatic carbocycles. The quantitative estimate of drug-likeness (QED) is 0.479. The molecule has 0 bridgehead atoms. The Morgan fingerprint density at radius 1 is 1.28 bits per heavy atom. The van der Waals surface area contributed by atoms with E-state index in [-0.39, 0.29) is 18.0 Å². The third-order valence-electron chi connectivity index (χ3n) is 6.98. The summed E-state index contributed by atoms with van der Waals surface area (Å²) in [6.07, 6.45) is -2.65. The van der Waals surface area contributed by atoms with Crippen LogP contribution in [0, 0.1) is 11.3 Å². The van der Waals surface area contributed by atoms with Crippen LogP contribution < -0.4 is 0 Å². The van der Waals surface area contributed by atoms with Crippen LogP contribution in [0.2, 0.25) is 0 Å². The molecule has 4 N–H and O–H groups in total. The van der Waals surface area contributed by atoms with Gasteiger partial charge in [-0.3, -0.25) is 0 Å². The molecule has 2 fully saturated rings. The summed E-state index contributed by atoms with van der Waals surface area (Å²) in [6, 6.07) is 0. The molecule has 1 saturated heterocycles. The van der Waals surface area contributed by atoms with Gasteiger partial charge in [0, 0.05) is 11.0 Å².